The Morgan fingerprint density at radius 1 is 1.46 bits per heavy atom. The van der Waals surface area contributed by atoms with Crippen LogP contribution < -0.4 is 5.32 Å². The molecule has 0 radical (unpaired) electrons. The van der Waals surface area contributed by atoms with Gasteiger partial charge in [0.2, 0.25) is 0 Å². The van der Waals surface area contributed by atoms with Crippen molar-refractivity contribution in [3.8, 4) is 0 Å². The molecule has 0 heterocycles. The molecule has 0 aliphatic rings. The van der Waals surface area contributed by atoms with Crippen molar-refractivity contribution in [1.29, 1.82) is 0 Å². The molecule has 13 heavy (non-hydrogen) atoms. The fraction of sp³-hybridized carbons (Fsp3) is 0.400. The lowest BCUT2D eigenvalue weighted by molar-refractivity contribution is 0.624. The second kappa shape index (κ2) is 4.47. The fourth-order valence-electron chi connectivity index (χ4n) is 0.954. The van der Waals surface area contributed by atoms with Crippen molar-refractivity contribution in [2.45, 2.75) is 13.8 Å². The van der Waals surface area contributed by atoms with Crippen LogP contribution in [0.2, 0.25) is 5.02 Å². The third kappa shape index (κ3) is 2.88. The second-order valence-electron chi connectivity index (χ2n) is 3.38. The number of hydrogen-bond acceptors (Lipinski definition) is 1. The Morgan fingerprint density at radius 2 is 2.15 bits per heavy atom. The summed E-state index contributed by atoms with van der Waals surface area (Å²) in [6, 6.07) is 4.95. The second-order valence-corrected chi connectivity index (χ2v) is 3.78. The maximum absolute atomic E-state index is 13.3. The highest BCUT2D eigenvalue weighted by Crippen LogP contribution is 2.21. The minimum Gasteiger partial charge on any atom is -0.382 e. The zero-order chi connectivity index (χ0) is 9.84. The summed E-state index contributed by atoms with van der Waals surface area (Å²) in [5.74, 6) is 0.114. The van der Waals surface area contributed by atoms with Gasteiger partial charge >= 0.3 is 0 Å². The third-order valence-corrected chi connectivity index (χ3v) is 1.94. The van der Waals surface area contributed by atoms with Crippen LogP contribution in [0.5, 0.6) is 0 Å². The molecule has 0 fully saturated rings. The molecule has 1 nitrogen and oxygen atoms in total. The molecule has 72 valence electrons. The molecule has 0 spiro atoms. The summed E-state index contributed by atoms with van der Waals surface area (Å²) < 4.78 is 13.3. The number of rotatable bonds is 3. The molecule has 1 rings (SSSR count). The van der Waals surface area contributed by atoms with Crippen LogP contribution in [0.1, 0.15) is 13.8 Å². The molecule has 0 aromatic heterocycles. The summed E-state index contributed by atoms with van der Waals surface area (Å²) in [7, 11) is 0. The maximum atomic E-state index is 13.3. The Kier molecular flexibility index (Phi) is 3.55. The van der Waals surface area contributed by atoms with Crippen LogP contribution in [-0.2, 0) is 0 Å². The molecule has 0 amide bonds. The van der Waals surface area contributed by atoms with E-state index in [9.17, 15) is 4.39 Å². The van der Waals surface area contributed by atoms with Crippen molar-refractivity contribution in [1.82, 2.24) is 0 Å². The predicted octanol–water partition coefficient (Wildman–Crippen LogP) is 3.55. The van der Waals surface area contributed by atoms with Crippen molar-refractivity contribution < 1.29 is 4.39 Å². The van der Waals surface area contributed by atoms with Gasteiger partial charge in [-0.15, -0.1) is 0 Å². The lowest BCUT2D eigenvalue weighted by atomic mass is 10.2. The number of nitrogens with one attached hydrogen (secondary N) is 1. The van der Waals surface area contributed by atoms with E-state index in [-0.39, 0.29) is 10.8 Å². The molecule has 3 heteroatoms. The van der Waals surface area contributed by atoms with Gasteiger partial charge in [0.25, 0.3) is 0 Å². The predicted molar refractivity (Wildman–Crippen MR) is 54.7 cm³/mol. The minimum atomic E-state index is -0.371. The van der Waals surface area contributed by atoms with Crippen LogP contribution in [0.3, 0.4) is 0 Å². The summed E-state index contributed by atoms with van der Waals surface area (Å²) >= 11 is 5.61. The van der Waals surface area contributed by atoms with E-state index in [1.807, 2.05) is 0 Å². The number of anilines is 1. The summed E-state index contributed by atoms with van der Waals surface area (Å²) in [5.41, 5.74) is 0.473. The van der Waals surface area contributed by atoms with Crippen LogP contribution in [0, 0.1) is 11.7 Å². The zero-order valence-electron chi connectivity index (χ0n) is 7.77. The van der Waals surface area contributed by atoms with E-state index in [1.165, 1.54) is 6.07 Å². The molecular formula is C10H13ClFN. The van der Waals surface area contributed by atoms with E-state index in [0.717, 1.165) is 6.54 Å². The average molecular weight is 202 g/mol. The average Bonchev–Trinajstić information content (AvgIpc) is 2.07. The van der Waals surface area contributed by atoms with E-state index in [4.69, 9.17) is 11.6 Å². The normalized spacial score (nSPS) is 10.5. The Morgan fingerprint density at radius 3 is 2.77 bits per heavy atom. The van der Waals surface area contributed by atoms with Gasteiger partial charge in [0.15, 0.2) is 5.82 Å². The highest BCUT2D eigenvalue weighted by molar-refractivity contribution is 6.31. The van der Waals surface area contributed by atoms with Crippen LogP contribution in [0.25, 0.3) is 0 Å². The van der Waals surface area contributed by atoms with Crippen molar-refractivity contribution in [2.75, 3.05) is 11.9 Å². The van der Waals surface area contributed by atoms with Crippen LogP contribution >= 0.6 is 11.6 Å². The van der Waals surface area contributed by atoms with E-state index in [1.54, 1.807) is 12.1 Å². The molecule has 1 N–H and O–H groups in total. The first-order valence-corrected chi connectivity index (χ1v) is 4.67. The van der Waals surface area contributed by atoms with Crippen molar-refractivity contribution in [3.63, 3.8) is 0 Å². The molecule has 0 aliphatic carbocycles. The Balaban J connectivity index is 2.71. The van der Waals surface area contributed by atoms with Gasteiger partial charge in [-0.2, -0.15) is 0 Å². The molecule has 1 aromatic carbocycles. The summed E-state index contributed by atoms with van der Waals surface area (Å²) in [6.45, 7) is 4.88. The minimum absolute atomic E-state index is 0.161. The molecule has 0 aliphatic heterocycles. The molecule has 0 saturated heterocycles. The number of benzene rings is 1. The largest absolute Gasteiger partial charge is 0.382 e. The molecule has 1 aromatic rings. The third-order valence-electron chi connectivity index (χ3n) is 1.65. The van der Waals surface area contributed by atoms with Gasteiger partial charge < -0.3 is 5.32 Å². The highest BCUT2D eigenvalue weighted by atomic mass is 35.5. The summed E-state index contributed by atoms with van der Waals surface area (Å²) in [5, 5.41) is 3.15. The topological polar surface area (TPSA) is 12.0 Å². The van der Waals surface area contributed by atoms with Gasteiger partial charge in [0.05, 0.1) is 10.7 Å². The molecule has 0 unspecified atom stereocenters. The maximum Gasteiger partial charge on any atom is 0.164 e. The van der Waals surface area contributed by atoms with Crippen molar-refractivity contribution >= 4 is 17.3 Å². The molecule has 0 bridgehead atoms. The first-order chi connectivity index (χ1) is 6.11. The van der Waals surface area contributed by atoms with Crippen molar-refractivity contribution in [3.05, 3.63) is 29.0 Å². The Hall–Kier alpha value is -0.760. The van der Waals surface area contributed by atoms with E-state index >= 15 is 0 Å². The SMILES string of the molecule is CC(C)CNc1cccc(Cl)c1F. The number of halogens is 2. The highest BCUT2D eigenvalue weighted by Gasteiger charge is 2.05. The standard InChI is InChI=1S/C10H13ClFN/c1-7(2)6-13-9-5-3-4-8(11)10(9)12/h3-5,7,13H,6H2,1-2H3. The van der Waals surface area contributed by atoms with Crippen LogP contribution in [-0.4, -0.2) is 6.54 Å². The van der Waals surface area contributed by atoms with Crippen molar-refractivity contribution in [2.24, 2.45) is 5.92 Å². The molecule has 0 saturated carbocycles. The van der Waals surface area contributed by atoms with E-state index in [2.05, 4.69) is 19.2 Å². The van der Waals surface area contributed by atoms with E-state index in [0.29, 0.717) is 11.6 Å². The molecule has 0 atom stereocenters. The first-order valence-electron chi connectivity index (χ1n) is 4.29. The van der Waals surface area contributed by atoms with Gasteiger partial charge in [0.1, 0.15) is 0 Å². The summed E-state index contributed by atoms with van der Waals surface area (Å²) in [6.07, 6.45) is 0. The quantitative estimate of drug-likeness (QED) is 0.789. The lowest BCUT2D eigenvalue weighted by Crippen LogP contribution is -2.09. The monoisotopic (exact) mass is 201 g/mol. The number of hydrogen-bond donors (Lipinski definition) is 1. The van der Waals surface area contributed by atoms with Gasteiger partial charge in [-0.1, -0.05) is 31.5 Å². The smallest absolute Gasteiger partial charge is 0.164 e. The van der Waals surface area contributed by atoms with Gasteiger partial charge in [-0.3, -0.25) is 0 Å². The molecular weight excluding hydrogens is 189 g/mol. The first kappa shape index (κ1) is 10.3. The van der Waals surface area contributed by atoms with Gasteiger partial charge in [0, 0.05) is 6.54 Å². The Labute approximate surface area is 82.9 Å². The fourth-order valence-corrected chi connectivity index (χ4v) is 1.13. The lowest BCUT2D eigenvalue weighted by Gasteiger charge is -2.09. The van der Waals surface area contributed by atoms with Gasteiger partial charge in [-0.25, -0.2) is 4.39 Å². The summed E-state index contributed by atoms with van der Waals surface area (Å²) in [4.78, 5) is 0. The van der Waals surface area contributed by atoms with Gasteiger partial charge in [-0.05, 0) is 18.1 Å². The van der Waals surface area contributed by atoms with Crippen LogP contribution in [0.4, 0.5) is 10.1 Å². The van der Waals surface area contributed by atoms with E-state index < -0.39 is 0 Å². The Bertz CT molecular complexity index is 286. The zero-order valence-corrected chi connectivity index (χ0v) is 8.53. The van der Waals surface area contributed by atoms with Crippen LogP contribution in [0.15, 0.2) is 18.2 Å².